The Balaban J connectivity index is 1.69. The molecule has 0 aromatic heterocycles. The van der Waals surface area contributed by atoms with Gasteiger partial charge in [-0.3, -0.25) is 48.7 Å². The predicted molar refractivity (Wildman–Crippen MR) is 344 cm³/mol. The van der Waals surface area contributed by atoms with Gasteiger partial charge in [-0.05, 0) is 92.4 Å². The van der Waals surface area contributed by atoms with Gasteiger partial charge in [0.05, 0.1) is 48.8 Å². The van der Waals surface area contributed by atoms with E-state index in [4.69, 9.17) is 25.8 Å². The van der Waals surface area contributed by atoms with Crippen LogP contribution in [0.1, 0.15) is 157 Å². The van der Waals surface area contributed by atoms with Crippen molar-refractivity contribution >= 4 is 65.1 Å². The summed E-state index contributed by atoms with van der Waals surface area (Å²) in [5.74, 6) is -0.356. The predicted octanol–water partition coefficient (Wildman–Crippen LogP) is 4.53. The van der Waals surface area contributed by atoms with Crippen molar-refractivity contribution in [1.82, 2.24) is 46.7 Å². The molecule has 0 radical (unpaired) electrons. The number of hydrazine groups is 1. The Morgan fingerprint density at radius 1 is 0.703 bits per heavy atom. The molecule has 1 aliphatic rings. The number of likely N-dealkylation sites (N-methyl/N-ethyl adjacent to an activating group) is 2. The lowest BCUT2D eigenvalue weighted by molar-refractivity contribution is -0.148. The van der Waals surface area contributed by atoms with Crippen molar-refractivity contribution in [3.8, 4) is 0 Å². The van der Waals surface area contributed by atoms with Gasteiger partial charge >= 0.3 is 12.1 Å². The number of hydrogen-bond acceptors (Lipinski definition) is 15. The lowest BCUT2D eigenvalue weighted by Crippen LogP contribution is -2.60. The van der Waals surface area contributed by atoms with Gasteiger partial charge in [-0.25, -0.2) is 15.4 Å². The van der Waals surface area contributed by atoms with Crippen LogP contribution in [0.4, 0.5) is 15.3 Å². The molecule has 1 heterocycles. The fraction of sp³-hybridized carbons (Fsp3) is 0.662. The van der Waals surface area contributed by atoms with E-state index >= 15 is 0 Å². The van der Waals surface area contributed by atoms with E-state index in [1.54, 1.807) is 109 Å². The Hall–Kier alpha value is -7.42. The number of benzene rings is 2. The molecule has 1 fully saturated rings. The smallest absolute Gasteiger partial charge is 0.410 e. The zero-order valence-electron chi connectivity index (χ0n) is 56.0. The summed E-state index contributed by atoms with van der Waals surface area (Å²) < 4.78 is 17.7. The van der Waals surface area contributed by atoms with Crippen LogP contribution in [-0.2, 0) is 59.2 Å². The molecule has 12 atom stereocenters. The SMILES string of the molecule is CC[C@@H](C)[C@@H]([C@@H](CC(=O)N1CCC[C@H]1[C@H](OC)[C@@H](C)C(=O)N[C@H](C)[C@@H](O)c1ccccc1)OC)N(C)C(=O)[C@@H](NC(=O)C(C(C)C)N(C)C(=O)OCc1ccc(NC(=O)[C@H](CCCNC(N)=O)NC(=O)C(NC(=O)CCCCCC(=O)NN)C(C)C)cc1)C(C)C. The van der Waals surface area contributed by atoms with E-state index < -0.39 is 114 Å². The number of nitrogens with one attached hydrogen (secondary N) is 7. The Bertz CT molecular complexity index is 2670. The number of aliphatic hydroxyl groups excluding tert-OH is 1. The number of carbonyl (C=O) groups is 10. The van der Waals surface area contributed by atoms with Crippen molar-refractivity contribution in [2.24, 2.45) is 41.2 Å². The minimum atomic E-state index is -1.10. The van der Waals surface area contributed by atoms with Gasteiger partial charge in [0, 0.05) is 59.9 Å². The number of likely N-dealkylation sites (tertiary alicyclic amines) is 1. The van der Waals surface area contributed by atoms with Gasteiger partial charge in [0.2, 0.25) is 47.3 Å². The number of aliphatic hydroxyl groups is 1. The van der Waals surface area contributed by atoms with Gasteiger partial charge in [-0.2, -0.15) is 0 Å². The summed E-state index contributed by atoms with van der Waals surface area (Å²) in [5, 5.41) is 27.6. The van der Waals surface area contributed by atoms with E-state index in [1.807, 2.05) is 32.0 Å². The van der Waals surface area contributed by atoms with E-state index in [0.717, 1.165) is 0 Å². The number of ether oxygens (including phenoxy) is 3. The Labute approximate surface area is 537 Å². The largest absolute Gasteiger partial charge is 0.445 e. The van der Waals surface area contributed by atoms with E-state index in [0.29, 0.717) is 61.9 Å². The maximum atomic E-state index is 14.8. The highest BCUT2D eigenvalue weighted by molar-refractivity contribution is 5.98. The number of rotatable bonds is 38. The van der Waals surface area contributed by atoms with Crippen LogP contribution in [0.5, 0.6) is 0 Å². The average Bonchev–Trinajstić information content (AvgIpc) is 1.85. The van der Waals surface area contributed by atoms with Gasteiger partial charge < -0.3 is 66.8 Å². The van der Waals surface area contributed by atoms with Crippen molar-refractivity contribution in [3.05, 3.63) is 65.7 Å². The second-order valence-corrected chi connectivity index (χ2v) is 24.9. The number of unbranched alkanes of at least 4 members (excludes halogenated alkanes) is 2. The summed E-state index contributed by atoms with van der Waals surface area (Å²) in [6.07, 6.45) is 0.925. The molecule has 26 nitrogen and oxygen atoms in total. The van der Waals surface area contributed by atoms with Gasteiger partial charge in [-0.15, -0.1) is 0 Å². The first-order valence-corrected chi connectivity index (χ1v) is 31.9. The van der Waals surface area contributed by atoms with Crippen molar-refractivity contribution in [1.29, 1.82) is 0 Å². The number of urea groups is 1. The molecule has 2 aromatic carbocycles. The van der Waals surface area contributed by atoms with Crippen LogP contribution in [0, 0.1) is 29.6 Å². The van der Waals surface area contributed by atoms with E-state index in [9.17, 15) is 53.1 Å². The van der Waals surface area contributed by atoms with Crippen LogP contribution < -0.4 is 48.9 Å². The van der Waals surface area contributed by atoms with E-state index in [2.05, 4.69) is 37.3 Å². The van der Waals surface area contributed by atoms with Gasteiger partial charge in [0.15, 0.2) is 0 Å². The van der Waals surface area contributed by atoms with E-state index in [-0.39, 0.29) is 80.7 Å². The quantitative estimate of drug-likeness (QED) is 0.0191. The molecular formula is C65H106N12O14. The Morgan fingerprint density at radius 2 is 1.33 bits per heavy atom. The summed E-state index contributed by atoms with van der Waals surface area (Å²) in [7, 11) is 6.09. The van der Waals surface area contributed by atoms with Crippen LogP contribution in [0.3, 0.4) is 0 Å². The molecular weight excluding hydrogens is 1170 g/mol. The molecule has 2 unspecified atom stereocenters. The van der Waals surface area contributed by atoms with Crippen molar-refractivity contribution in [3.63, 3.8) is 0 Å². The maximum Gasteiger partial charge on any atom is 0.410 e. The number of methoxy groups -OCH3 is 2. The third kappa shape index (κ3) is 24.3. The third-order valence-electron chi connectivity index (χ3n) is 17.0. The highest BCUT2D eigenvalue weighted by atomic mass is 16.6. The first kappa shape index (κ1) is 77.8. The van der Waals surface area contributed by atoms with Crippen LogP contribution in [0.25, 0.3) is 0 Å². The number of nitrogens with zero attached hydrogens (tertiary/aromatic N) is 3. The molecule has 2 aromatic rings. The van der Waals surface area contributed by atoms with Gasteiger partial charge in [0.1, 0.15) is 30.8 Å². The highest BCUT2D eigenvalue weighted by Gasteiger charge is 2.44. The summed E-state index contributed by atoms with van der Waals surface area (Å²) in [6, 6.07) is 8.83. The average molecular weight is 1280 g/mol. The number of carbonyl (C=O) groups excluding carboxylic acids is 10. The molecule has 1 aliphatic heterocycles. The molecule has 26 heteroatoms. The zero-order valence-corrected chi connectivity index (χ0v) is 56.0. The number of hydrogen-bond donors (Lipinski definition) is 10. The van der Waals surface area contributed by atoms with Crippen molar-refractivity contribution in [2.45, 2.75) is 207 Å². The number of anilines is 1. The molecule has 0 bridgehead atoms. The van der Waals surface area contributed by atoms with E-state index in [1.165, 1.54) is 26.2 Å². The highest BCUT2D eigenvalue weighted by Crippen LogP contribution is 2.30. The van der Waals surface area contributed by atoms with Crippen LogP contribution in [0.15, 0.2) is 54.6 Å². The third-order valence-corrected chi connectivity index (χ3v) is 17.0. The van der Waals surface area contributed by atoms with Gasteiger partial charge in [0.25, 0.3) is 0 Å². The Morgan fingerprint density at radius 3 is 1.89 bits per heavy atom. The maximum absolute atomic E-state index is 14.8. The molecule has 12 N–H and O–H groups in total. The van der Waals surface area contributed by atoms with Gasteiger partial charge in [-0.1, -0.05) is 118 Å². The molecule has 510 valence electrons. The van der Waals surface area contributed by atoms with Crippen molar-refractivity contribution in [2.75, 3.05) is 46.7 Å². The normalized spacial score (nSPS) is 16.7. The molecule has 91 heavy (non-hydrogen) atoms. The fourth-order valence-corrected chi connectivity index (χ4v) is 11.5. The first-order valence-electron chi connectivity index (χ1n) is 31.9. The van der Waals surface area contributed by atoms with Crippen LogP contribution in [-0.4, -0.2) is 175 Å². The lowest BCUT2D eigenvalue weighted by atomic mass is 9.89. The minimum absolute atomic E-state index is 0.0894. The molecule has 0 aliphatic carbocycles. The van der Waals surface area contributed by atoms with Crippen LogP contribution in [0.2, 0.25) is 0 Å². The second-order valence-electron chi connectivity index (χ2n) is 24.9. The fourth-order valence-electron chi connectivity index (χ4n) is 11.5. The minimum Gasteiger partial charge on any atom is -0.445 e. The molecule has 3 rings (SSSR count). The number of amides is 11. The zero-order chi connectivity index (χ0) is 68.2. The number of primary amides is 1. The number of nitrogens with two attached hydrogens (primary N) is 2. The summed E-state index contributed by atoms with van der Waals surface area (Å²) in [6.45, 7) is 18.4. The van der Waals surface area contributed by atoms with Crippen LogP contribution >= 0.6 is 0 Å². The lowest BCUT2D eigenvalue weighted by Gasteiger charge is -2.41. The summed E-state index contributed by atoms with van der Waals surface area (Å²) in [5.41, 5.74) is 8.84. The van der Waals surface area contributed by atoms with Crippen molar-refractivity contribution < 1.29 is 67.3 Å². The topological polar surface area (TPSA) is 365 Å². The molecule has 1 saturated heterocycles. The summed E-state index contributed by atoms with van der Waals surface area (Å²) >= 11 is 0. The molecule has 0 saturated carbocycles. The second kappa shape index (κ2) is 39.1. The molecule has 11 amide bonds. The Kier molecular flexibility index (Phi) is 33.4. The molecule has 0 spiro atoms. The standard InChI is InChI=1S/C65H106N12O14/c1-15-41(8)56(49(89-13)36-52(80)77-35-23-27-48(77)58(90-14)42(9)59(82)69-43(10)57(81)45-24-18-16-19-25-45)75(11)63(86)54(39(4)5)73-62(85)55(40(6)7)76(12)65(88)91-37-44-30-32-46(33-31-44)70-60(83)47(26-22-34-68-64(66)87)71-61(84)53(38(2)3)72-50(78)28-20-17-21-29-51(79)74-67/h16,18-19,24-25,30-33,38-43,47-49,53-58,81H,15,17,20-23,26-29,34-37,67H2,1-14H3,(H,69,82)(H,70,83)(H,71,84)(H,72,78)(H,73,85)(H,74,79)(H3,66,68,87)/t41-,42-,43-,47+,48+,49-,53?,54+,55?,56+,57-,58-/m1/s1. The summed E-state index contributed by atoms with van der Waals surface area (Å²) in [4.78, 5) is 139. The first-order chi connectivity index (χ1) is 43.0. The monoisotopic (exact) mass is 1280 g/mol.